The number of benzene rings is 1. The molecule has 4 heteroatoms. The third kappa shape index (κ3) is 1.80. The maximum absolute atomic E-state index is 8.34. The molecule has 4 nitrogen and oxygen atoms in total. The average molecular weight is 188 g/mol. The van der Waals surface area contributed by atoms with Crippen LogP contribution in [0.5, 0.6) is 0 Å². The van der Waals surface area contributed by atoms with Gasteiger partial charge >= 0.3 is 0 Å². The Morgan fingerprint density at radius 3 is 2.21 bits per heavy atom. The van der Waals surface area contributed by atoms with Crippen LogP contribution in [0.2, 0.25) is 0 Å². The first-order chi connectivity index (χ1) is 6.90. The molecule has 0 N–H and O–H groups in total. The summed E-state index contributed by atoms with van der Waals surface area (Å²) >= 11 is 0. The lowest BCUT2D eigenvalue weighted by molar-refractivity contribution is 0.297. The molecule has 0 saturated heterocycles. The maximum Gasteiger partial charge on any atom is 0.0925 e. The van der Waals surface area contributed by atoms with Crippen molar-refractivity contribution in [3.8, 4) is 0 Å². The van der Waals surface area contributed by atoms with E-state index >= 15 is 0 Å². The highest BCUT2D eigenvalue weighted by molar-refractivity contribution is 5.28. The van der Waals surface area contributed by atoms with Crippen LogP contribution in [-0.4, -0.2) is 18.1 Å². The first kappa shape index (κ1) is 8.91. The molecular formula is C10H12N4. The van der Waals surface area contributed by atoms with Crippen LogP contribution in [0, 0.1) is 0 Å². The second kappa shape index (κ2) is 4.03. The highest BCUT2D eigenvalue weighted by Crippen LogP contribution is 2.15. The normalized spacial score (nSPS) is 15.3. The molecule has 14 heavy (non-hydrogen) atoms. The van der Waals surface area contributed by atoms with E-state index < -0.39 is 0 Å². The number of fused-ring (bicyclic) bond motifs is 1. The second-order valence-electron chi connectivity index (χ2n) is 3.40. The summed E-state index contributed by atoms with van der Waals surface area (Å²) in [5.41, 5.74) is 11.1. The van der Waals surface area contributed by atoms with Crippen molar-refractivity contribution >= 4 is 0 Å². The van der Waals surface area contributed by atoms with E-state index in [1.165, 1.54) is 11.1 Å². The Kier molecular flexibility index (Phi) is 2.56. The molecule has 0 bridgehead atoms. The van der Waals surface area contributed by atoms with E-state index in [2.05, 4.69) is 34.4 Å². The van der Waals surface area contributed by atoms with Crippen molar-refractivity contribution in [3.05, 3.63) is 45.8 Å². The number of nitrogens with zero attached hydrogens (tertiary/aromatic N) is 4. The van der Waals surface area contributed by atoms with Crippen molar-refractivity contribution < 1.29 is 0 Å². The van der Waals surface area contributed by atoms with Crippen LogP contribution in [0.4, 0.5) is 0 Å². The summed E-state index contributed by atoms with van der Waals surface area (Å²) in [6.07, 6.45) is 1.93. The molecule has 1 aromatic rings. The molecule has 2 rings (SSSR count). The van der Waals surface area contributed by atoms with Crippen LogP contribution in [0.15, 0.2) is 29.5 Å². The molecule has 0 radical (unpaired) electrons. The molecule has 1 heterocycles. The molecule has 0 fully saturated rings. The molecule has 0 unspecified atom stereocenters. The van der Waals surface area contributed by atoms with Gasteiger partial charge in [-0.1, -0.05) is 24.3 Å². The SMILES string of the molecule is [N-]=[N+]=NN1CCc2ccccc2CC1. The van der Waals surface area contributed by atoms with Crippen molar-refractivity contribution in [2.75, 3.05) is 13.1 Å². The largest absolute Gasteiger partial charge is 0.247 e. The Hall–Kier alpha value is -1.67. The Morgan fingerprint density at radius 2 is 1.71 bits per heavy atom. The molecule has 0 amide bonds. The van der Waals surface area contributed by atoms with Gasteiger partial charge in [-0.2, -0.15) is 4.91 Å². The van der Waals surface area contributed by atoms with Gasteiger partial charge in [0.05, 0.1) is 13.1 Å². The average Bonchev–Trinajstić information content (AvgIpc) is 2.42. The molecule has 1 aliphatic rings. The monoisotopic (exact) mass is 188 g/mol. The minimum Gasteiger partial charge on any atom is -0.247 e. The van der Waals surface area contributed by atoms with Crippen LogP contribution in [0.3, 0.4) is 0 Å². The number of hydrogen-bond donors (Lipinski definition) is 0. The van der Waals surface area contributed by atoms with Gasteiger partial charge in [-0.05, 0) is 16.4 Å². The van der Waals surface area contributed by atoms with Gasteiger partial charge in [-0.25, -0.2) is 5.01 Å². The number of hydrogen-bond acceptors (Lipinski definition) is 1. The molecule has 0 aliphatic carbocycles. The van der Waals surface area contributed by atoms with Gasteiger partial charge in [-0.3, -0.25) is 0 Å². The Labute approximate surface area is 82.7 Å². The molecule has 0 spiro atoms. The van der Waals surface area contributed by atoms with Crippen molar-refractivity contribution in [1.29, 1.82) is 0 Å². The van der Waals surface area contributed by atoms with E-state index in [0.717, 1.165) is 25.9 Å². The van der Waals surface area contributed by atoms with Crippen LogP contribution in [0.25, 0.3) is 10.4 Å². The molecule has 1 aliphatic heterocycles. The Morgan fingerprint density at radius 1 is 1.14 bits per heavy atom. The smallest absolute Gasteiger partial charge is 0.0925 e. The van der Waals surface area contributed by atoms with E-state index in [-0.39, 0.29) is 0 Å². The van der Waals surface area contributed by atoms with E-state index in [1.54, 1.807) is 5.01 Å². The predicted molar refractivity (Wildman–Crippen MR) is 54.6 cm³/mol. The van der Waals surface area contributed by atoms with E-state index in [9.17, 15) is 0 Å². The van der Waals surface area contributed by atoms with Gasteiger partial charge in [0.1, 0.15) is 0 Å². The topological polar surface area (TPSA) is 52.0 Å². The Bertz CT molecular complexity index is 341. The summed E-state index contributed by atoms with van der Waals surface area (Å²) in [6, 6.07) is 8.41. The standard InChI is InChI=1S/C10H12N4/c11-12-13-14-7-5-9-3-1-2-4-10(9)6-8-14/h1-4H,5-8H2. The van der Waals surface area contributed by atoms with Crippen LogP contribution in [-0.2, 0) is 12.8 Å². The van der Waals surface area contributed by atoms with Gasteiger partial charge in [0.15, 0.2) is 0 Å². The summed E-state index contributed by atoms with van der Waals surface area (Å²) in [4.78, 5) is 2.81. The second-order valence-corrected chi connectivity index (χ2v) is 3.40. The molecule has 72 valence electrons. The minimum atomic E-state index is 0.821. The van der Waals surface area contributed by atoms with Gasteiger partial charge in [-0.15, -0.1) is 5.53 Å². The summed E-state index contributed by atoms with van der Waals surface area (Å²) in [7, 11) is 0. The predicted octanol–water partition coefficient (Wildman–Crippen LogP) is 2.31. The summed E-state index contributed by atoms with van der Waals surface area (Å²) in [5.74, 6) is 0. The highest BCUT2D eigenvalue weighted by atomic mass is 15.5. The van der Waals surface area contributed by atoms with Gasteiger partial charge in [0.2, 0.25) is 0 Å². The zero-order chi connectivity index (χ0) is 9.80. The Balaban J connectivity index is 2.17. The lowest BCUT2D eigenvalue weighted by atomic mass is 10.0. The van der Waals surface area contributed by atoms with Crippen LogP contribution < -0.4 is 0 Å². The van der Waals surface area contributed by atoms with E-state index in [4.69, 9.17) is 5.53 Å². The molecule has 0 atom stereocenters. The van der Waals surface area contributed by atoms with Gasteiger partial charge in [0.25, 0.3) is 0 Å². The van der Waals surface area contributed by atoms with Crippen molar-refractivity contribution in [1.82, 2.24) is 5.01 Å². The van der Waals surface area contributed by atoms with Crippen molar-refractivity contribution in [2.24, 2.45) is 5.22 Å². The number of rotatable bonds is 1. The first-order valence-corrected chi connectivity index (χ1v) is 4.77. The molecule has 0 saturated carbocycles. The van der Waals surface area contributed by atoms with Crippen molar-refractivity contribution in [3.63, 3.8) is 0 Å². The lowest BCUT2D eigenvalue weighted by Gasteiger charge is -2.08. The highest BCUT2D eigenvalue weighted by Gasteiger charge is 2.13. The molecule has 1 aromatic carbocycles. The van der Waals surface area contributed by atoms with Crippen molar-refractivity contribution in [2.45, 2.75) is 12.8 Å². The van der Waals surface area contributed by atoms with E-state index in [0.29, 0.717) is 0 Å². The van der Waals surface area contributed by atoms with E-state index in [1.807, 2.05) is 0 Å². The number of azide groups is 1. The zero-order valence-electron chi connectivity index (χ0n) is 7.93. The quantitative estimate of drug-likeness (QED) is 0.379. The van der Waals surface area contributed by atoms with Gasteiger partial charge in [0, 0.05) is 12.8 Å². The zero-order valence-corrected chi connectivity index (χ0v) is 7.93. The molecular weight excluding hydrogens is 176 g/mol. The van der Waals surface area contributed by atoms with Gasteiger partial charge < -0.3 is 0 Å². The summed E-state index contributed by atoms with van der Waals surface area (Å²) in [5, 5.41) is 5.43. The third-order valence-corrected chi connectivity index (χ3v) is 2.56. The lowest BCUT2D eigenvalue weighted by Crippen LogP contribution is -2.19. The van der Waals surface area contributed by atoms with Crippen LogP contribution in [0.1, 0.15) is 11.1 Å². The molecule has 0 aromatic heterocycles. The van der Waals surface area contributed by atoms with Crippen LogP contribution >= 0.6 is 0 Å². The minimum absolute atomic E-state index is 0.821. The fraction of sp³-hybridized carbons (Fsp3) is 0.400. The maximum atomic E-state index is 8.34. The third-order valence-electron chi connectivity index (χ3n) is 2.56. The fourth-order valence-electron chi connectivity index (χ4n) is 1.80. The summed E-state index contributed by atoms with van der Waals surface area (Å²) in [6.45, 7) is 1.64. The first-order valence-electron chi connectivity index (χ1n) is 4.77. The fourth-order valence-corrected chi connectivity index (χ4v) is 1.80. The summed E-state index contributed by atoms with van der Waals surface area (Å²) < 4.78 is 0.